The highest BCUT2D eigenvalue weighted by atomic mass is 16.6. The van der Waals surface area contributed by atoms with Gasteiger partial charge in [0.1, 0.15) is 5.60 Å². The topological polar surface area (TPSA) is 130 Å². The number of carboxylic acids is 1. The van der Waals surface area contributed by atoms with E-state index in [1.165, 1.54) is 18.2 Å². The van der Waals surface area contributed by atoms with Crippen molar-refractivity contribution >= 4 is 29.4 Å². The van der Waals surface area contributed by atoms with Crippen LogP contribution in [0.25, 0.3) is 0 Å². The molecule has 3 rings (SSSR count). The van der Waals surface area contributed by atoms with Crippen LogP contribution in [0.1, 0.15) is 80.0 Å². The molecule has 9 nitrogen and oxygen atoms in total. The minimum atomic E-state index is -1.19. The van der Waals surface area contributed by atoms with Crippen LogP contribution in [-0.2, 0) is 9.53 Å². The second-order valence-electron chi connectivity index (χ2n) is 10.6. The van der Waals surface area contributed by atoms with Crippen molar-refractivity contribution in [2.75, 3.05) is 31.9 Å². The lowest BCUT2D eigenvalue weighted by Crippen LogP contribution is -2.43. The number of hydrogen-bond acceptors (Lipinski definition) is 6. The van der Waals surface area contributed by atoms with Crippen molar-refractivity contribution < 1.29 is 29.0 Å². The van der Waals surface area contributed by atoms with Gasteiger partial charge in [0.2, 0.25) is 5.91 Å². The van der Waals surface area contributed by atoms with E-state index >= 15 is 0 Å². The molecule has 0 aliphatic carbocycles. The standard InChI is InChI=1S/C26H37N3O6/c1-26(2,3)35-25(34)28-14-11-17(12-15-28)9-10-21(30)29-13-5-6-18(16-29)23(31)22-19(24(32)33)7-4-8-20(22)27/h4,7-8,17-18H,5-6,9-16,27H2,1-3H3,(H,32,33)/t18-/m1/s1. The first-order chi connectivity index (χ1) is 16.5. The lowest BCUT2D eigenvalue weighted by molar-refractivity contribution is -0.133. The largest absolute Gasteiger partial charge is 0.478 e. The van der Waals surface area contributed by atoms with E-state index in [0.29, 0.717) is 44.8 Å². The Bertz CT molecular complexity index is 962. The number of nitrogens with zero attached hydrogens (tertiary/aromatic N) is 2. The highest BCUT2D eigenvalue weighted by Gasteiger charge is 2.33. The Morgan fingerprint density at radius 3 is 2.37 bits per heavy atom. The summed E-state index contributed by atoms with van der Waals surface area (Å²) >= 11 is 0. The second kappa shape index (κ2) is 11.1. The van der Waals surface area contributed by atoms with Gasteiger partial charge < -0.3 is 25.4 Å². The normalized spacial score (nSPS) is 19.3. The third-order valence-electron chi connectivity index (χ3n) is 6.75. The van der Waals surface area contributed by atoms with Crippen LogP contribution in [0.3, 0.4) is 0 Å². The molecule has 9 heteroatoms. The Labute approximate surface area is 206 Å². The van der Waals surface area contributed by atoms with Gasteiger partial charge in [0.05, 0.1) is 11.1 Å². The van der Waals surface area contributed by atoms with E-state index in [1.54, 1.807) is 9.80 Å². The molecule has 3 N–H and O–H groups in total. The zero-order valence-electron chi connectivity index (χ0n) is 20.9. The van der Waals surface area contributed by atoms with Gasteiger partial charge in [-0.1, -0.05) is 6.07 Å². The SMILES string of the molecule is CC(C)(C)OC(=O)N1CCC(CCC(=O)N2CCC[C@@H](C(=O)c3c(N)cccc3C(=O)O)C2)CC1. The van der Waals surface area contributed by atoms with Crippen molar-refractivity contribution in [3.8, 4) is 0 Å². The average Bonchev–Trinajstić information content (AvgIpc) is 2.81. The van der Waals surface area contributed by atoms with Crippen molar-refractivity contribution in [1.29, 1.82) is 0 Å². The van der Waals surface area contributed by atoms with Gasteiger partial charge in [-0.2, -0.15) is 0 Å². The lowest BCUT2D eigenvalue weighted by atomic mass is 9.86. The zero-order chi connectivity index (χ0) is 25.8. The number of nitrogens with two attached hydrogens (primary N) is 1. The number of piperidine rings is 2. The van der Waals surface area contributed by atoms with E-state index in [4.69, 9.17) is 10.5 Å². The molecule has 35 heavy (non-hydrogen) atoms. The maximum atomic E-state index is 13.2. The van der Waals surface area contributed by atoms with Crippen LogP contribution in [0.15, 0.2) is 18.2 Å². The fourth-order valence-corrected chi connectivity index (χ4v) is 4.86. The quantitative estimate of drug-likeness (QED) is 0.461. The number of amides is 2. The van der Waals surface area contributed by atoms with Crippen LogP contribution in [0.2, 0.25) is 0 Å². The molecule has 2 heterocycles. The molecule has 0 unspecified atom stereocenters. The number of Topliss-reactive ketones (excluding diaryl/α,β-unsaturated/α-hetero) is 1. The van der Waals surface area contributed by atoms with Crippen LogP contribution >= 0.6 is 0 Å². The fraction of sp³-hybridized carbons (Fsp3) is 0.615. The Kier molecular flexibility index (Phi) is 8.40. The summed E-state index contributed by atoms with van der Waals surface area (Å²) in [6.07, 6.45) is 3.79. The van der Waals surface area contributed by atoms with Gasteiger partial charge in [-0.25, -0.2) is 9.59 Å². The maximum absolute atomic E-state index is 13.2. The van der Waals surface area contributed by atoms with Crippen molar-refractivity contribution in [1.82, 2.24) is 9.80 Å². The first-order valence-electron chi connectivity index (χ1n) is 12.4. The van der Waals surface area contributed by atoms with Gasteiger partial charge in [0, 0.05) is 44.2 Å². The fourth-order valence-electron chi connectivity index (χ4n) is 4.86. The number of anilines is 1. The highest BCUT2D eigenvalue weighted by molar-refractivity contribution is 6.10. The van der Waals surface area contributed by atoms with E-state index < -0.39 is 17.5 Å². The number of ketones is 1. The predicted octanol–water partition coefficient (Wildman–Crippen LogP) is 3.82. The number of ether oxygens (including phenoxy) is 1. The van der Waals surface area contributed by atoms with Gasteiger partial charge in [-0.15, -0.1) is 0 Å². The predicted molar refractivity (Wildman–Crippen MR) is 131 cm³/mol. The number of carbonyl (C=O) groups is 4. The van der Waals surface area contributed by atoms with Gasteiger partial charge in [0.15, 0.2) is 5.78 Å². The smallest absolute Gasteiger partial charge is 0.410 e. The molecule has 0 bridgehead atoms. The summed E-state index contributed by atoms with van der Waals surface area (Å²) in [5, 5.41) is 9.47. The van der Waals surface area contributed by atoms with Gasteiger partial charge in [-0.3, -0.25) is 9.59 Å². The summed E-state index contributed by atoms with van der Waals surface area (Å²) in [4.78, 5) is 53.4. The number of aromatic carboxylic acids is 1. The van der Waals surface area contributed by atoms with Gasteiger partial charge >= 0.3 is 12.1 Å². The summed E-state index contributed by atoms with van der Waals surface area (Å²) in [6.45, 7) is 7.67. The van der Waals surface area contributed by atoms with Crippen molar-refractivity contribution in [2.24, 2.45) is 11.8 Å². The van der Waals surface area contributed by atoms with Crippen molar-refractivity contribution in [3.05, 3.63) is 29.3 Å². The van der Waals surface area contributed by atoms with Crippen LogP contribution < -0.4 is 5.73 Å². The van der Waals surface area contributed by atoms with Crippen LogP contribution in [0.4, 0.5) is 10.5 Å². The van der Waals surface area contributed by atoms with Gasteiger partial charge in [-0.05, 0) is 70.9 Å². The van der Waals surface area contributed by atoms with Crippen LogP contribution in [0.5, 0.6) is 0 Å². The molecule has 0 spiro atoms. The molecule has 1 aromatic rings. The molecular weight excluding hydrogens is 450 g/mol. The Morgan fingerprint density at radius 1 is 1.06 bits per heavy atom. The first kappa shape index (κ1) is 26.5. The highest BCUT2D eigenvalue weighted by Crippen LogP contribution is 2.28. The van der Waals surface area contributed by atoms with E-state index in [0.717, 1.165) is 19.3 Å². The summed E-state index contributed by atoms with van der Waals surface area (Å²) in [5.74, 6) is -1.60. The summed E-state index contributed by atoms with van der Waals surface area (Å²) < 4.78 is 5.44. The van der Waals surface area contributed by atoms with Crippen molar-refractivity contribution in [3.63, 3.8) is 0 Å². The summed E-state index contributed by atoms with van der Waals surface area (Å²) in [6, 6.07) is 4.43. The average molecular weight is 488 g/mol. The van der Waals surface area contributed by atoms with Crippen LogP contribution in [-0.4, -0.2) is 70.4 Å². The monoisotopic (exact) mass is 487 g/mol. The molecule has 2 fully saturated rings. The molecule has 0 saturated carbocycles. The molecule has 0 aromatic heterocycles. The first-order valence-corrected chi connectivity index (χ1v) is 12.4. The maximum Gasteiger partial charge on any atom is 0.410 e. The molecule has 1 aromatic carbocycles. The third kappa shape index (κ3) is 6.96. The number of hydrogen-bond donors (Lipinski definition) is 2. The Morgan fingerprint density at radius 2 is 1.74 bits per heavy atom. The molecule has 2 aliphatic rings. The number of carbonyl (C=O) groups excluding carboxylic acids is 3. The third-order valence-corrected chi connectivity index (χ3v) is 6.75. The van der Waals surface area contributed by atoms with Crippen LogP contribution in [0, 0.1) is 11.8 Å². The number of nitrogen functional groups attached to an aromatic ring is 1. The Hall–Kier alpha value is -3.10. The van der Waals surface area contributed by atoms with E-state index in [1.807, 2.05) is 20.8 Å². The van der Waals surface area contributed by atoms with E-state index in [-0.39, 0.29) is 41.1 Å². The van der Waals surface area contributed by atoms with Crippen molar-refractivity contribution in [2.45, 2.75) is 64.9 Å². The zero-order valence-corrected chi connectivity index (χ0v) is 20.9. The summed E-state index contributed by atoms with van der Waals surface area (Å²) in [7, 11) is 0. The number of likely N-dealkylation sites (tertiary alicyclic amines) is 2. The molecule has 0 radical (unpaired) electrons. The number of rotatable bonds is 6. The minimum absolute atomic E-state index is 0.0107. The van der Waals surface area contributed by atoms with E-state index in [2.05, 4.69) is 0 Å². The number of benzene rings is 1. The number of carboxylic acid groups (broad SMARTS) is 1. The van der Waals surface area contributed by atoms with Gasteiger partial charge in [0.25, 0.3) is 0 Å². The molecular formula is C26H37N3O6. The lowest BCUT2D eigenvalue weighted by Gasteiger charge is -2.34. The molecule has 2 amide bonds. The summed E-state index contributed by atoms with van der Waals surface area (Å²) in [5.41, 5.74) is 5.52. The molecule has 192 valence electrons. The second-order valence-corrected chi connectivity index (χ2v) is 10.6. The molecule has 2 aliphatic heterocycles. The Balaban J connectivity index is 1.51. The minimum Gasteiger partial charge on any atom is -0.478 e. The van der Waals surface area contributed by atoms with E-state index in [9.17, 15) is 24.3 Å². The molecule has 1 atom stereocenters. The molecule has 2 saturated heterocycles.